The average Bonchev–Trinajstić information content (AvgIpc) is 2.82. The van der Waals surface area contributed by atoms with Gasteiger partial charge in [0.05, 0.1) is 5.56 Å². The molecule has 1 N–H and O–H groups in total. The molecule has 9 heteroatoms. The van der Waals surface area contributed by atoms with E-state index in [9.17, 15) is 23.5 Å². The third-order valence-electron chi connectivity index (χ3n) is 5.20. The Morgan fingerprint density at radius 2 is 1.60 bits per heavy atom. The first-order chi connectivity index (χ1) is 16.6. The standard InChI is InChI=1S/C26H16F4O5/c1-14(32)34-17-8-6-15(7-9-17)18-10-11-21(24(28)23(18)27)26(29,30)35-22-12-16(13-31)25(33)20-5-3-2-4-19(20)22/h2-13,33H,1H3. The van der Waals surface area contributed by atoms with E-state index in [0.29, 0.717) is 6.07 Å². The summed E-state index contributed by atoms with van der Waals surface area (Å²) in [6, 6.07) is 13.7. The van der Waals surface area contributed by atoms with Crippen LogP contribution in [0.2, 0.25) is 0 Å². The number of phenolic OH excluding ortho intramolecular Hbond substituents is 1. The molecule has 0 spiro atoms. The maximum absolute atomic E-state index is 15.0. The summed E-state index contributed by atoms with van der Waals surface area (Å²) in [4.78, 5) is 22.3. The van der Waals surface area contributed by atoms with E-state index in [1.165, 1.54) is 55.5 Å². The van der Waals surface area contributed by atoms with E-state index < -0.39 is 40.8 Å². The van der Waals surface area contributed by atoms with E-state index in [2.05, 4.69) is 0 Å². The molecule has 0 aliphatic rings. The Morgan fingerprint density at radius 1 is 0.943 bits per heavy atom. The second-order valence-corrected chi connectivity index (χ2v) is 7.50. The van der Waals surface area contributed by atoms with Gasteiger partial charge in [-0.05, 0) is 29.8 Å². The van der Waals surface area contributed by atoms with Crippen LogP contribution >= 0.6 is 0 Å². The molecule has 0 aliphatic heterocycles. The number of ether oxygens (including phenoxy) is 2. The van der Waals surface area contributed by atoms with Crippen LogP contribution < -0.4 is 9.47 Å². The molecule has 4 aromatic rings. The highest BCUT2D eigenvalue weighted by Crippen LogP contribution is 2.41. The molecule has 0 fully saturated rings. The first kappa shape index (κ1) is 23.7. The lowest BCUT2D eigenvalue weighted by Gasteiger charge is -2.21. The monoisotopic (exact) mass is 484 g/mol. The van der Waals surface area contributed by atoms with Crippen molar-refractivity contribution in [2.75, 3.05) is 0 Å². The lowest BCUT2D eigenvalue weighted by molar-refractivity contribution is -0.187. The molecule has 0 heterocycles. The molecule has 178 valence electrons. The average molecular weight is 484 g/mol. The van der Waals surface area contributed by atoms with Crippen molar-refractivity contribution in [3.05, 3.63) is 89.5 Å². The summed E-state index contributed by atoms with van der Waals surface area (Å²) in [7, 11) is 0. The smallest absolute Gasteiger partial charge is 0.429 e. The van der Waals surface area contributed by atoms with Crippen LogP contribution in [0.5, 0.6) is 17.2 Å². The van der Waals surface area contributed by atoms with Gasteiger partial charge in [0.25, 0.3) is 0 Å². The minimum absolute atomic E-state index is 0.0423. The number of phenols is 1. The van der Waals surface area contributed by atoms with Crippen molar-refractivity contribution < 1.29 is 41.7 Å². The van der Waals surface area contributed by atoms with E-state index in [-0.39, 0.29) is 39.5 Å². The number of benzene rings is 4. The first-order valence-corrected chi connectivity index (χ1v) is 10.2. The molecule has 0 bridgehead atoms. The van der Waals surface area contributed by atoms with E-state index in [1.807, 2.05) is 0 Å². The third-order valence-corrected chi connectivity index (χ3v) is 5.20. The minimum atomic E-state index is -4.33. The number of alkyl halides is 2. The molecule has 0 saturated heterocycles. The van der Waals surface area contributed by atoms with Crippen LogP contribution in [0.4, 0.5) is 17.6 Å². The van der Waals surface area contributed by atoms with Gasteiger partial charge in [-0.2, -0.15) is 8.78 Å². The molecule has 0 radical (unpaired) electrons. The molecule has 0 aliphatic carbocycles. The summed E-state index contributed by atoms with van der Waals surface area (Å²) >= 11 is 0. The van der Waals surface area contributed by atoms with Gasteiger partial charge in [0.2, 0.25) is 0 Å². The molecule has 4 aromatic carbocycles. The highest BCUT2D eigenvalue weighted by atomic mass is 19.3. The van der Waals surface area contributed by atoms with Gasteiger partial charge in [0.1, 0.15) is 22.8 Å². The molecular weight excluding hydrogens is 468 g/mol. The zero-order valence-electron chi connectivity index (χ0n) is 18.0. The summed E-state index contributed by atoms with van der Waals surface area (Å²) in [5.74, 6) is -4.67. The Kier molecular flexibility index (Phi) is 6.17. The Hall–Kier alpha value is -4.40. The molecule has 0 atom stereocenters. The summed E-state index contributed by atoms with van der Waals surface area (Å²) < 4.78 is 69.3. The molecule has 4 rings (SSSR count). The first-order valence-electron chi connectivity index (χ1n) is 10.2. The zero-order chi connectivity index (χ0) is 25.3. The van der Waals surface area contributed by atoms with Crippen molar-refractivity contribution in [1.82, 2.24) is 0 Å². The van der Waals surface area contributed by atoms with Gasteiger partial charge in [-0.25, -0.2) is 8.78 Å². The Labute approximate surface area is 196 Å². The van der Waals surface area contributed by atoms with E-state index in [0.717, 1.165) is 12.1 Å². The van der Waals surface area contributed by atoms with Crippen molar-refractivity contribution in [3.63, 3.8) is 0 Å². The normalized spacial score (nSPS) is 11.3. The maximum Gasteiger partial charge on any atom is 0.429 e. The van der Waals surface area contributed by atoms with Crippen LogP contribution in [0.25, 0.3) is 21.9 Å². The lowest BCUT2D eigenvalue weighted by Crippen LogP contribution is -2.24. The number of esters is 1. The Bertz CT molecular complexity index is 1450. The number of carbonyl (C=O) groups excluding carboxylic acids is 2. The topological polar surface area (TPSA) is 72.8 Å². The molecule has 0 saturated carbocycles. The van der Waals surface area contributed by atoms with Crippen LogP contribution in [-0.4, -0.2) is 17.4 Å². The predicted molar refractivity (Wildman–Crippen MR) is 119 cm³/mol. The number of hydrogen-bond donors (Lipinski definition) is 1. The molecule has 0 aromatic heterocycles. The van der Waals surface area contributed by atoms with Crippen LogP contribution in [0.15, 0.2) is 66.7 Å². The van der Waals surface area contributed by atoms with E-state index >= 15 is 8.78 Å². The second-order valence-electron chi connectivity index (χ2n) is 7.50. The number of hydrogen-bond acceptors (Lipinski definition) is 5. The fourth-order valence-electron chi connectivity index (χ4n) is 3.58. The number of fused-ring (bicyclic) bond motifs is 1. The number of carbonyl (C=O) groups is 2. The second kappa shape index (κ2) is 9.09. The number of rotatable bonds is 6. The van der Waals surface area contributed by atoms with Gasteiger partial charge in [-0.15, -0.1) is 0 Å². The van der Waals surface area contributed by atoms with Gasteiger partial charge in [-0.3, -0.25) is 9.59 Å². The molecule has 0 unspecified atom stereocenters. The van der Waals surface area contributed by atoms with Gasteiger partial charge < -0.3 is 14.6 Å². The van der Waals surface area contributed by atoms with E-state index in [4.69, 9.17) is 9.47 Å². The van der Waals surface area contributed by atoms with Crippen molar-refractivity contribution in [2.45, 2.75) is 13.0 Å². The number of aromatic hydroxyl groups is 1. The fraction of sp³-hybridized carbons (Fsp3) is 0.0769. The summed E-state index contributed by atoms with van der Waals surface area (Å²) in [6.07, 6.45) is -4.07. The van der Waals surface area contributed by atoms with Gasteiger partial charge >= 0.3 is 12.1 Å². The minimum Gasteiger partial charge on any atom is -0.507 e. The van der Waals surface area contributed by atoms with Crippen molar-refractivity contribution in [1.29, 1.82) is 0 Å². The molecule has 35 heavy (non-hydrogen) atoms. The van der Waals surface area contributed by atoms with Crippen LogP contribution in [0, 0.1) is 11.6 Å². The largest absolute Gasteiger partial charge is 0.507 e. The fourth-order valence-corrected chi connectivity index (χ4v) is 3.58. The van der Waals surface area contributed by atoms with Crippen LogP contribution in [0.1, 0.15) is 22.8 Å². The van der Waals surface area contributed by atoms with Gasteiger partial charge in [0.15, 0.2) is 17.9 Å². The lowest BCUT2D eigenvalue weighted by atomic mass is 10.0. The number of halogens is 4. The Morgan fingerprint density at radius 3 is 2.23 bits per heavy atom. The van der Waals surface area contributed by atoms with Gasteiger partial charge in [0, 0.05) is 23.3 Å². The van der Waals surface area contributed by atoms with Crippen molar-refractivity contribution in [3.8, 4) is 28.4 Å². The number of aldehydes is 1. The molecular formula is C26H16F4O5. The Balaban J connectivity index is 1.72. The highest BCUT2D eigenvalue weighted by Gasteiger charge is 2.40. The van der Waals surface area contributed by atoms with Crippen molar-refractivity contribution >= 4 is 23.0 Å². The van der Waals surface area contributed by atoms with Crippen LogP contribution in [-0.2, 0) is 10.9 Å². The summed E-state index contributed by atoms with van der Waals surface area (Å²) in [5, 5.41) is 10.3. The van der Waals surface area contributed by atoms with Crippen LogP contribution in [0.3, 0.4) is 0 Å². The third kappa shape index (κ3) is 4.52. The summed E-state index contributed by atoms with van der Waals surface area (Å²) in [6.45, 7) is 1.20. The SMILES string of the molecule is CC(=O)Oc1ccc(-c2ccc(C(F)(F)Oc3cc(C=O)c(O)c4ccccc34)c(F)c2F)cc1. The maximum atomic E-state index is 15.0. The quantitative estimate of drug-likeness (QED) is 0.149. The summed E-state index contributed by atoms with van der Waals surface area (Å²) in [5.41, 5.74) is -1.81. The van der Waals surface area contributed by atoms with E-state index in [1.54, 1.807) is 0 Å². The molecule has 5 nitrogen and oxygen atoms in total. The predicted octanol–water partition coefficient (Wildman–Crippen LogP) is 6.36. The molecule has 0 amide bonds. The zero-order valence-corrected chi connectivity index (χ0v) is 18.0. The highest BCUT2D eigenvalue weighted by molar-refractivity contribution is 5.99. The van der Waals surface area contributed by atoms with Gasteiger partial charge in [-0.1, -0.05) is 42.5 Å². The van der Waals surface area contributed by atoms with Crippen molar-refractivity contribution in [2.24, 2.45) is 0 Å².